The minimum absolute atomic E-state index is 0.00500. The normalized spacial score (nSPS) is 35.2. The van der Waals surface area contributed by atoms with Gasteiger partial charge in [-0.25, -0.2) is 0 Å². The van der Waals surface area contributed by atoms with Gasteiger partial charge in [0.15, 0.2) is 0 Å². The lowest BCUT2D eigenvalue weighted by Crippen LogP contribution is -2.47. The van der Waals surface area contributed by atoms with Crippen LogP contribution in [0.1, 0.15) is 38.7 Å². The second kappa shape index (κ2) is 4.21. The van der Waals surface area contributed by atoms with Crippen molar-refractivity contribution in [2.24, 2.45) is 24.6 Å². The van der Waals surface area contributed by atoms with E-state index in [1.807, 2.05) is 17.9 Å². The molecule has 3 atom stereocenters. The molecule has 0 saturated heterocycles. The third-order valence-corrected chi connectivity index (χ3v) is 4.11. The Morgan fingerprint density at radius 2 is 2.25 bits per heavy atom. The molecule has 3 unspecified atom stereocenters. The molecular weight excluding hydrogens is 198 g/mol. The largest absolute Gasteiger partial charge is 0.325 e. The lowest BCUT2D eigenvalue weighted by atomic mass is 9.70. The SMILES string of the molecule is CC1CCC(N)(Cc2cnn(C)c2)CC1C. The van der Waals surface area contributed by atoms with Gasteiger partial charge in [0.05, 0.1) is 6.20 Å². The molecule has 1 aromatic rings. The Kier molecular flexibility index (Phi) is 3.06. The van der Waals surface area contributed by atoms with Gasteiger partial charge in [0, 0.05) is 18.8 Å². The highest BCUT2D eigenvalue weighted by Gasteiger charge is 2.34. The van der Waals surface area contributed by atoms with Gasteiger partial charge in [0.25, 0.3) is 0 Å². The molecule has 0 aliphatic heterocycles. The van der Waals surface area contributed by atoms with Crippen molar-refractivity contribution < 1.29 is 0 Å². The Hall–Kier alpha value is -0.830. The van der Waals surface area contributed by atoms with Gasteiger partial charge >= 0.3 is 0 Å². The summed E-state index contributed by atoms with van der Waals surface area (Å²) < 4.78 is 1.85. The van der Waals surface area contributed by atoms with E-state index in [2.05, 4.69) is 25.1 Å². The molecule has 0 bridgehead atoms. The van der Waals surface area contributed by atoms with Gasteiger partial charge in [-0.1, -0.05) is 13.8 Å². The fourth-order valence-electron chi connectivity index (χ4n) is 2.87. The highest BCUT2D eigenvalue weighted by Crippen LogP contribution is 2.36. The molecule has 1 fully saturated rings. The third kappa shape index (κ3) is 2.46. The summed E-state index contributed by atoms with van der Waals surface area (Å²) in [6.07, 6.45) is 8.54. The van der Waals surface area contributed by atoms with Gasteiger partial charge in [-0.3, -0.25) is 4.68 Å². The van der Waals surface area contributed by atoms with Crippen LogP contribution in [0, 0.1) is 11.8 Å². The van der Waals surface area contributed by atoms with Crippen LogP contribution in [-0.2, 0) is 13.5 Å². The van der Waals surface area contributed by atoms with Crippen molar-refractivity contribution in [1.29, 1.82) is 0 Å². The molecule has 16 heavy (non-hydrogen) atoms. The Bertz CT molecular complexity index is 358. The number of hydrogen-bond acceptors (Lipinski definition) is 2. The molecule has 1 heterocycles. The van der Waals surface area contributed by atoms with Crippen molar-refractivity contribution in [3.05, 3.63) is 18.0 Å². The van der Waals surface area contributed by atoms with E-state index in [1.165, 1.54) is 12.0 Å². The van der Waals surface area contributed by atoms with Crippen LogP contribution in [0.2, 0.25) is 0 Å². The Balaban J connectivity index is 2.03. The number of aromatic nitrogens is 2. The van der Waals surface area contributed by atoms with Crippen LogP contribution in [0.15, 0.2) is 12.4 Å². The fraction of sp³-hybridized carbons (Fsp3) is 0.769. The Labute approximate surface area is 98.0 Å². The van der Waals surface area contributed by atoms with E-state index < -0.39 is 0 Å². The summed E-state index contributed by atoms with van der Waals surface area (Å²) in [5, 5.41) is 4.21. The van der Waals surface area contributed by atoms with E-state index in [0.29, 0.717) is 0 Å². The monoisotopic (exact) mass is 221 g/mol. The van der Waals surface area contributed by atoms with Gasteiger partial charge in [0.1, 0.15) is 0 Å². The number of rotatable bonds is 2. The first-order chi connectivity index (χ1) is 7.48. The first-order valence-electron chi connectivity index (χ1n) is 6.25. The van der Waals surface area contributed by atoms with Crippen molar-refractivity contribution in [2.75, 3.05) is 0 Å². The minimum Gasteiger partial charge on any atom is -0.325 e. The van der Waals surface area contributed by atoms with Gasteiger partial charge in [-0.15, -0.1) is 0 Å². The van der Waals surface area contributed by atoms with Gasteiger partial charge in [-0.05, 0) is 43.1 Å². The molecule has 90 valence electrons. The van der Waals surface area contributed by atoms with Crippen molar-refractivity contribution in [3.63, 3.8) is 0 Å². The van der Waals surface area contributed by atoms with E-state index >= 15 is 0 Å². The fourth-order valence-corrected chi connectivity index (χ4v) is 2.87. The van der Waals surface area contributed by atoms with Gasteiger partial charge in [-0.2, -0.15) is 5.10 Å². The second-order valence-corrected chi connectivity index (χ2v) is 5.76. The molecule has 1 saturated carbocycles. The predicted octanol–water partition coefficient (Wildman–Crippen LogP) is 2.12. The van der Waals surface area contributed by atoms with E-state index in [9.17, 15) is 0 Å². The lowest BCUT2D eigenvalue weighted by Gasteiger charge is -2.40. The highest BCUT2D eigenvalue weighted by molar-refractivity contribution is 5.10. The zero-order valence-corrected chi connectivity index (χ0v) is 10.6. The molecule has 2 N–H and O–H groups in total. The number of nitrogens with two attached hydrogens (primary N) is 1. The lowest BCUT2D eigenvalue weighted by molar-refractivity contribution is 0.176. The molecule has 3 nitrogen and oxygen atoms in total. The predicted molar refractivity (Wildman–Crippen MR) is 66.0 cm³/mol. The van der Waals surface area contributed by atoms with Gasteiger partial charge in [0.2, 0.25) is 0 Å². The summed E-state index contributed by atoms with van der Waals surface area (Å²) in [5.74, 6) is 1.57. The van der Waals surface area contributed by atoms with Crippen LogP contribution in [-0.4, -0.2) is 15.3 Å². The van der Waals surface area contributed by atoms with E-state index in [0.717, 1.165) is 31.1 Å². The standard InChI is InChI=1S/C13H23N3/c1-10-4-5-13(14,6-11(10)2)7-12-8-15-16(3)9-12/h8-11H,4-7,14H2,1-3H3. The molecule has 0 spiro atoms. The summed E-state index contributed by atoms with van der Waals surface area (Å²) in [7, 11) is 1.96. The minimum atomic E-state index is -0.00500. The van der Waals surface area contributed by atoms with Crippen LogP contribution in [0.4, 0.5) is 0 Å². The highest BCUT2D eigenvalue weighted by atomic mass is 15.2. The Morgan fingerprint density at radius 3 is 2.81 bits per heavy atom. The summed E-state index contributed by atoms with van der Waals surface area (Å²) in [6, 6.07) is 0. The average molecular weight is 221 g/mol. The third-order valence-electron chi connectivity index (χ3n) is 4.11. The van der Waals surface area contributed by atoms with Gasteiger partial charge < -0.3 is 5.73 Å². The maximum atomic E-state index is 6.52. The van der Waals surface area contributed by atoms with Crippen LogP contribution in [0.25, 0.3) is 0 Å². The molecule has 1 aliphatic rings. The van der Waals surface area contributed by atoms with Crippen LogP contribution >= 0.6 is 0 Å². The Morgan fingerprint density at radius 1 is 1.50 bits per heavy atom. The molecule has 1 aromatic heterocycles. The summed E-state index contributed by atoms with van der Waals surface area (Å²) in [4.78, 5) is 0. The maximum absolute atomic E-state index is 6.52. The first kappa shape index (κ1) is 11.6. The van der Waals surface area contributed by atoms with Crippen molar-refractivity contribution >= 4 is 0 Å². The average Bonchev–Trinajstić information content (AvgIpc) is 2.58. The van der Waals surface area contributed by atoms with Crippen molar-refractivity contribution in [3.8, 4) is 0 Å². The number of nitrogens with zero attached hydrogens (tertiary/aromatic N) is 2. The molecular formula is C13H23N3. The molecule has 0 radical (unpaired) electrons. The van der Waals surface area contributed by atoms with Crippen molar-refractivity contribution in [1.82, 2.24) is 9.78 Å². The van der Waals surface area contributed by atoms with E-state index in [1.54, 1.807) is 0 Å². The topological polar surface area (TPSA) is 43.8 Å². The quantitative estimate of drug-likeness (QED) is 0.831. The van der Waals surface area contributed by atoms with E-state index in [-0.39, 0.29) is 5.54 Å². The molecule has 3 heteroatoms. The number of aryl methyl sites for hydroxylation is 1. The summed E-state index contributed by atoms with van der Waals surface area (Å²) >= 11 is 0. The van der Waals surface area contributed by atoms with Crippen LogP contribution < -0.4 is 5.73 Å². The smallest absolute Gasteiger partial charge is 0.0522 e. The van der Waals surface area contributed by atoms with Crippen LogP contribution in [0.5, 0.6) is 0 Å². The zero-order valence-electron chi connectivity index (χ0n) is 10.6. The first-order valence-corrected chi connectivity index (χ1v) is 6.25. The molecule has 2 rings (SSSR count). The second-order valence-electron chi connectivity index (χ2n) is 5.76. The summed E-state index contributed by atoms with van der Waals surface area (Å²) in [5.41, 5.74) is 7.78. The van der Waals surface area contributed by atoms with Crippen molar-refractivity contribution in [2.45, 2.75) is 45.1 Å². The molecule has 0 amide bonds. The number of hydrogen-bond donors (Lipinski definition) is 1. The van der Waals surface area contributed by atoms with Crippen LogP contribution in [0.3, 0.4) is 0 Å². The molecule has 0 aromatic carbocycles. The molecule has 1 aliphatic carbocycles. The maximum Gasteiger partial charge on any atom is 0.0522 e. The van der Waals surface area contributed by atoms with E-state index in [4.69, 9.17) is 5.73 Å². The zero-order chi connectivity index (χ0) is 11.8. The summed E-state index contributed by atoms with van der Waals surface area (Å²) in [6.45, 7) is 4.67.